The third kappa shape index (κ3) is 3.32. The zero-order valence-electron chi connectivity index (χ0n) is 19.1. The number of H-pyrrole nitrogens is 1. The predicted octanol–water partition coefficient (Wildman–Crippen LogP) is 7.04. The number of ether oxygens (including phenoxy) is 1. The van der Waals surface area contributed by atoms with E-state index in [2.05, 4.69) is 108 Å². The summed E-state index contributed by atoms with van der Waals surface area (Å²) in [7, 11) is 1.72. The van der Waals surface area contributed by atoms with Crippen LogP contribution in [0.15, 0.2) is 91.0 Å². The zero-order valence-corrected chi connectivity index (χ0v) is 19.1. The molecule has 1 aromatic heterocycles. The quantitative estimate of drug-likeness (QED) is 0.330. The largest absolute Gasteiger partial charge is 0.497 e. The molecule has 6 rings (SSSR count). The molecule has 33 heavy (non-hydrogen) atoms. The van der Waals surface area contributed by atoms with E-state index in [0.717, 1.165) is 18.7 Å². The second-order valence-corrected chi connectivity index (χ2v) is 8.97. The van der Waals surface area contributed by atoms with Crippen molar-refractivity contribution in [2.24, 2.45) is 0 Å². The van der Waals surface area contributed by atoms with Gasteiger partial charge in [0.2, 0.25) is 0 Å². The summed E-state index contributed by atoms with van der Waals surface area (Å²) in [5.41, 5.74) is 6.66. The van der Waals surface area contributed by atoms with Crippen molar-refractivity contribution < 1.29 is 4.74 Å². The SMILES string of the molecule is COc1ccc([C@H]2c3[nH]c4ccccc4c3CCN2[C@H](C)c2cccc3ccccc23)cc1. The molecule has 1 N–H and O–H groups in total. The Kier molecular flexibility index (Phi) is 4.92. The lowest BCUT2D eigenvalue weighted by Crippen LogP contribution is -2.38. The van der Waals surface area contributed by atoms with Crippen LogP contribution in [-0.4, -0.2) is 23.5 Å². The number of benzene rings is 4. The molecule has 0 bridgehead atoms. The summed E-state index contributed by atoms with van der Waals surface area (Å²) < 4.78 is 5.44. The van der Waals surface area contributed by atoms with E-state index in [0.29, 0.717) is 0 Å². The van der Waals surface area contributed by atoms with Crippen molar-refractivity contribution >= 4 is 21.7 Å². The van der Waals surface area contributed by atoms with Crippen LogP contribution in [0.5, 0.6) is 5.75 Å². The Morgan fingerprint density at radius 2 is 1.58 bits per heavy atom. The van der Waals surface area contributed by atoms with E-state index in [1.54, 1.807) is 7.11 Å². The first kappa shape index (κ1) is 20.1. The van der Waals surface area contributed by atoms with E-state index in [4.69, 9.17) is 4.74 Å². The molecule has 0 fully saturated rings. The van der Waals surface area contributed by atoms with E-state index < -0.39 is 0 Å². The van der Waals surface area contributed by atoms with E-state index in [-0.39, 0.29) is 12.1 Å². The average molecular weight is 433 g/mol. The number of nitrogens with one attached hydrogen (secondary N) is 1. The maximum Gasteiger partial charge on any atom is 0.118 e. The van der Waals surface area contributed by atoms with Crippen LogP contribution < -0.4 is 4.74 Å². The summed E-state index contributed by atoms with van der Waals surface area (Å²) in [5.74, 6) is 0.889. The molecule has 0 saturated heterocycles. The fraction of sp³-hybridized carbons (Fsp3) is 0.200. The molecule has 1 aliphatic heterocycles. The molecule has 3 heteroatoms. The van der Waals surface area contributed by atoms with Gasteiger partial charge in [0.05, 0.1) is 13.2 Å². The fourth-order valence-corrected chi connectivity index (χ4v) is 5.61. The molecule has 0 spiro atoms. The van der Waals surface area contributed by atoms with Crippen LogP contribution in [0.25, 0.3) is 21.7 Å². The van der Waals surface area contributed by atoms with Crippen molar-refractivity contribution in [2.45, 2.75) is 25.4 Å². The molecule has 3 nitrogen and oxygen atoms in total. The Labute approximate surface area is 194 Å². The third-order valence-electron chi connectivity index (χ3n) is 7.27. The Morgan fingerprint density at radius 3 is 2.39 bits per heavy atom. The lowest BCUT2D eigenvalue weighted by atomic mass is 9.89. The van der Waals surface area contributed by atoms with Gasteiger partial charge in [-0.25, -0.2) is 0 Å². The van der Waals surface area contributed by atoms with Gasteiger partial charge in [-0.1, -0.05) is 72.8 Å². The monoisotopic (exact) mass is 432 g/mol. The number of methoxy groups -OCH3 is 1. The van der Waals surface area contributed by atoms with E-state index in [1.165, 1.54) is 44.1 Å². The van der Waals surface area contributed by atoms with Crippen LogP contribution >= 0.6 is 0 Å². The maximum atomic E-state index is 5.44. The molecule has 2 atom stereocenters. The van der Waals surface area contributed by atoms with E-state index >= 15 is 0 Å². The zero-order chi connectivity index (χ0) is 22.4. The van der Waals surface area contributed by atoms with Crippen molar-refractivity contribution in [1.82, 2.24) is 9.88 Å². The first-order valence-corrected chi connectivity index (χ1v) is 11.7. The highest BCUT2D eigenvalue weighted by Gasteiger charge is 2.35. The third-order valence-corrected chi connectivity index (χ3v) is 7.27. The number of para-hydroxylation sites is 1. The van der Waals surface area contributed by atoms with Crippen LogP contribution in [0, 0.1) is 0 Å². The van der Waals surface area contributed by atoms with Crippen LogP contribution in [0.2, 0.25) is 0 Å². The number of aromatic amines is 1. The molecule has 0 radical (unpaired) electrons. The second-order valence-electron chi connectivity index (χ2n) is 8.97. The van der Waals surface area contributed by atoms with E-state index in [9.17, 15) is 0 Å². The molecular weight excluding hydrogens is 404 g/mol. The van der Waals surface area contributed by atoms with Crippen molar-refractivity contribution in [3.63, 3.8) is 0 Å². The molecule has 164 valence electrons. The summed E-state index contributed by atoms with van der Waals surface area (Å²) in [4.78, 5) is 6.45. The highest BCUT2D eigenvalue weighted by atomic mass is 16.5. The normalized spacial score (nSPS) is 17.2. The standard InChI is InChI=1S/C30H28N2O/c1-20(24-12-7-9-21-8-3-4-10-25(21)24)32-19-18-27-26-11-5-6-13-28(26)31-29(27)30(32)22-14-16-23(33-2)17-15-22/h3-17,20,30-31H,18-19H2,1-2H3/t20-,30+/m1/s1. The second kappa shape index (κ2) is 8.09. The summed E-state index contributed by atoms with van der Waals surface area (Å²) in [6, 6.07) is 33.1. The Hall–Kier alpha value is -3.56. The number of aromatic nitrogens is 1. The van der Waals surface area contributed by atoms with Crippen molar-refractivity contribution in [2.75, 3.05) is 13.7 Å². The molecule has 4 aromatic carbocycles. The first-order chi connectivity index (χ1) is 16.2. The van der Waals surface area contributed by atoms with Crippen molar-refractivity contribution in [3.8, 4) is 5.75 Å². The van der Waals surface area contributed by atoms with Crippen LogP contribution in [0.1, 0.15) is 41.4 Å². The number of hydrogen-bond acceptors (Lipinski definition) is 2. The fourth-order valence-electron chi connectivity index (χ4n) is 5.61. The van der Waals surface area contributed by atoms with Crippen LogP contribution in [0.3, 0.4) is 0 Å². The van der Waals surface area contributed by atoms with Crippen molar-refractivity contribution in [3.05, 3.63) is 113 Å². The molecule has 1 aliphatic rings. The predicted molar refractivity (Wildman–Crippen MR) is 136 cm³/mol. The Bertz CT molecular complexity index is 1430. The number of hydrogen-bond donors (Lipinski definition) is 1. The van der Waals surface area contributed by atoms with Gasteiger partial charge < -0.3 is 9.72 Å². The summed E-state index contributed by atoms with van der Waals surface area (Å²) in [6.07, 6.45) is 1.04. The van der Waals surface area contributed by atoms with Gasteiger partial charge in [-0.05, 0) is 59.0 Å². The highest BCUT2D eigenvalue weighted by Crippen LogP contribution is 2.43. The Balaban J connectivity index is 1.51. The smallest absolute Gasteiger partial charge is 0.118 e. The summed E-state index contributed by atoms with van der Waals surface area (Å²) in [5, 5.41) is 3.98. The summed E-state index contributed by atoms with van der Waals surface area (Å²) >= 11 is 0. The van der Waals surface area contributed by atoms with Crippen LogP contribution in [-0.2, 0) is 6.42 Å². The molecule has 2 heterocycles. The van der Waals surface area contributed by atoms with Gasteiger partial charge in [0.1, 0.15) is 5.75 Å². The van der Waals surface area contributed by atoms with Gasteiger partial charge >= 0.3 is 0 Å². The molecule has 0 saturated carbocycles. The molecular formula is C30H28N2O. The maximum absolute atomic E-state index is 5.44. The highest BCUT2D eigenvalue weighted by molar-refractivity contribution is 5.87. The lowest BCUT2D eigenvalue weighted by molar-refractivity contribution is 0.156. The van der Waals surface area contributed by atoms with Gasteiger partial charge in [-0.15, -0.1) is 0 Å². The summed E-state index contributed by atoms with van der Waals surface area (Å²) in [6.45, 7) is 3.36. The minimum atomic E-state index is 0.154. The molecule has 0 unspecified atom stereocenters. The van der Waals surface area contributed by atoms with Gasteiger partial charge in [-0.2, -0.15) is 0 Å². The Morgan fingerprint density at radius 1 is 0.848 bits per heavy atom. The molecule has 0 amide bonds. The topological polar surface area (TPSA) is 28.3 Å². The minimum absolute atomic E-state index is 0.154. The molecule has 5 aromatic rings. The van der Waals surface area contributed by atoms with Gasteiger partial charge in [0.25, 0.3) is 0 Å². The lowest BCUT2D eigenvalue weighted by Gasteiger charge is -2.40. The average Bonchev–Trinajstić information content (AvgIpc) is 3.26. The number of fused-ring (bicyclic) bond motifs is 4. The number of nitrogens with zero attached hydrogens (tertiary/aromatic N) is 1. The first-order valence-electron chi connectivity index (χ1n) is 11.7. The van der Waals surface area contributed by atoms with Gasteiger partial charge in [-0.3, -0.25) is 4.90 Å². The molecule has 0 aliphatic carbocycles. The minimum Gasteiger partial charge on any atom is -0.497 e. The number of rotatable bonds is 4. The van der Waals surface area contributed by atoms with Gasteiger partial charge in [0.15, 0.2) is 0 Å². The van der Waals surface area contributed by atoms with Gasteiger partial charge in [0, 0.05) is 29.2 Å². The van der Waals surface area contributed by atoms with Crippen LogP contribution in [0.4, 0.5) is 0 Å². The van der Waals surface area contributed by atoms with Crippen molar-refractivity contribution in [1.29, 1.82) is 0 Å². The van der Waals surface area contributed by atoms with E-state index in [1.807, 2.05) is 0 Å².